The number of amides is 1. The first-order valence-electron chi connectivity index (χ1n) is 13.2. The summed E-state index contributed by atoms with van der Waals surface area (Å²) in [6.45, 7) is 11.5. The van der Waals surface area contributed by atoms with Gasteiger partial charge in [0.2, 0.25) is 16.8 Å². The summed E-state index contributed by atoms with van der Waals surface area (Å²) in [4.78, 5) is 22.6. The van der Waals surface area contributed by atoms with E-state index in [0.29, 0.717) is 48.4 Å². The number of anilines is 1. The summed E-state index contributed by atoms with van der Waals surface area (Å²) in [5.41, 5.74) is 1.13. The maximum atomic E-state index is 13.8. The van der Waals surface area contributed by atoms with Crippen molar-refractivity contribution in [2.45, 2.75) is 44.8 Å². The molecule has 2 atom stereocenters. The van der Waals surface area contributed by atoms with Crippen molar-refractivity contribution in [2.24, 2.45) is 0 Å². The molecule has 2 aliphatic rings. The second-order valence-corrected chi connectivity index (χ2v) is 12.7. The van der Waals surface area contributed by atoms with Crippen LogP contribution >= 0.6 is 23.7 Å². The Labute approximate surface area is 245 Å². The molecule has 2 aromatic carbocycles. The molecule has 13 heteroatoms. The fourth-order valence-corrected chi connectivity index (χ4v) is 7.48. The Morgan fingerprint density at radius 3 is 2.27 bits per heavy atom. The van der Waals surface area contributed by atoms with Crippen molar-refractivity contribution in [3.05, 3.63) is 42.0 Å². The van der Waals surface area contributed by atoms with Gasteiger partial charge in [-0.1, -0.05) is 25.2 Å². The number of nitrogens with zero attached hydrogens (tertiary/aromatic N) is 4. The number of thiazole rings is 1. The summed E-state index contributed by atoms with van der Waals surface area (Å²) in [6, 6.07) is 9.89. The Balaban J connectivity index is 0.00000370. The van der Waals surface area contributed by atoms with E-state index in [1.54, 1.807) is 17.0 Å². The van der Waals surface area contributed by atoms with Gasteiger partial charge in [-0.3, -0.25) is 9.69 Å². The number of ether oxygens (including phenoxy) is 3. The summed E-state index contributed by atoms with van der Waals surface area (Å²) in [5.74, 6) is 1.07. The molecular formula is C27H35ClN4O6S2. The van der Waals surface area contributed by atoms with Gasteiger partial charge in [0.05, 0.1) is 27.3 Å². The molecule has 3 aromatic rings. The van der Waals surface area contributed by atoms with Crippen LogP contribution in [0.5, 0.6) is 11.5 Å². The van der Waals surface area contributed by atoms with Crippen molar-refractivity contribution in [1.82, 2.24) is 14.2 Å². The van der Waals surface area contributed by atoms with Crippen LogP contribution in [0.15, 0.2) is 41.3 Å². The van der Waals surface area contributed by atoms with E-state index in [1.807, 2.05) is 26.0 Å². The zero-order chi connectivity index (χ0) is 27.7. The summed E-state index contributed by atoms with van der Waals surface area (Å²) in [6.07, 6.45) is -0.367. The van der Waals surface area contributed by atoms with E-state index in [0.717, 1.165) is 23.3 Å². The number of carbonyl (C=O) groups is 1. The largest absolute Gasteiger partial charge is 0.454 e. The molecule has 0 N–H and O–H groups in total. The van der Waals surface area contributed by atoms with Gasteiger partial charge >= 0.3 is 0 Å². The van der Waals surface area contributed by atoms with E-state index in [9.17, 15) is 13.2 Å². The number of fused-ring (bicyclic) bond motifs is 2. The molecule has 40 heavy (non-hydrogen) atoms. The second-order valence-electron chi connectivity index (χ2n) is 9.76. The van der Waals surface area contributed by atoms with Crippen LogP contribution in [0.25, 0.3) is 10.2 Å². The van der Waals surface area contributed by atoms with Gasteiger partial charge in [-0.2, -0.15) is 4.31 Å². The standard InChI is InChI=1S/C27H34N4O6S2.ClH/c1-5-29(6-2)11-12-31(27-28-22-13-23-24(36-17-35-23)14-25(22)38-27)26(32)20-7-9-21(10-8-20)39(33,34)30-15-18(3)37-19(4)16-30;/h7-10,13-14,18-19H,5-6,11-12,15-17H2,1-4H3;1H. The Hall–Kier alpha value is -2.48. The molecule has 5 rings (SSSR count). The third-order valence-electron chi connectivity index (χ3n) is 7.01. The van der Waals surface area contributed by atoms with Gasteiger partial charge in [-0.25, -0.2) is 13.4 Å². The maximum Gasteiger partial charge on any atom is 0.260 e. The molecule has 10 nitrogen and oxygen atoms in total. The first-order chi connectivity index (χ1) is 18.7. The van der Waals surface area contributed by atoms with Gasteiger partial charge in [-0.15, -0.1) is 12.4 Å². The molecule has 0 aliphatic carbocycles. The van der Waals surface area contributed by atoms with Crippen LogP contribution in [0.4, 0.5) is 5.13 Å². The highest BCUT2D eigenvalue weighted by molar-refractivity contribution is 7.89. The zero-order valence-corrected chi connectivity index (χ0v) is 25.5. The number of rotatable bonds is 9. The number of aromatic nitrogens is 1. The lowest BCUT2D eigenvalue weighted by molar-refractivity contribution is -0.0440. The van der Waals surface area contributed by atoms with Crippen LogP contribution in [0.2, 0.25) is 0 Å². The van der Waals surface area contributed by atoms with Crippen molar-refractivity contribution in [3.8, 4) is 11.5 Å². The summed E-state index contributed by atoms with van der Waals surface area (Å²) < 4.78 is 45.6. The highest BCUT2D eigenvalue weighted by Crippen LogP contribution is 2.40. The molecule has 0 radical (unpaired) electrons. The second kappa shape index (κ2) is 12.6. The number of morpholine rings is 1. The van der Waals surface area contributed by atoms with Gasteiger partial charge < -0.3 is 19.1 Å². The quantitative estimate of drug-likeness (QED) is 0.355. The van der Waals surface area contributed by atoms with Crippen LogP contribution in [0.3, 0.4) is 0 Å². The van der Waals surface area contributed by atoms with Gasteiger partial charge in [-0.05, 0) is 51.2 Å². The smallest absolute Gasteiger partial charge is 0.260 e. The Bertz CT molecular complexity index is 1390. The fraction of sp³-hybridized carbons (Fsp3) is 0.481. The van der Waals surface area contributed by atoms with Crippen LogP contribution in [0, 0.1) is 0 Å². The maximum absolute atomic E-state index is 13.8. The minimum Gasteiger partial charge on any atom is -0.454 e. The van der Waals surface area contributed by atoms with E-state index in [4.69, 9.17) is 19.2 Å². The molecule has 1 saturated heterocycles. The number of carbonyl (C=O) groups excluding carboxylic acids is 1. The van der Waals surface area contributed by atoms with Crippen molar-refractivity contribution in [2.75, 3.05) is 51.0 Å². The molecular weight excluding hydrogens is 576 g/mol. The van der Waals surface area contributed by atoms with Crippen molar-refractivity contribution < 1.29 is 27.4 Å². The molecule has 1 aromatic heterocycles. The molecule has 2 aliphatic heterocycles. The number of hydrogen-bond acceptors (Lipinski definition) is 9. The first-order valence-corrected chi connectivity index (χ1v) is 15.4. The van der Waals surface area contributed by atoms with E-state index >= 15 is 0 Å². The van der Waals surface area contributed by atoms with Crippen molar-refractivity contribution in [3.63, 3.8) is 0 Å². The number of likely N-dealkylation sites (N-methyl/N-ethyl adjacent to an activating group) is 1. The third kappa shape index (κ3) is 6.22. The Morgan fingerprint density at radius 1 is 1.02 bits per heavy atom. The van der Waals surface area contributed by atoms with Crippen LogP contribution in [0.1, 0.15) is 38.1 Å². The summed E-state index contributed by atoms with van der Waals surface area (Å²) in [5, 5.41) is 0.568. The van der Waals surface area contributed by atoms with Crippen molar-refractivity contribution in [1.29, 1.82) is 0 Å². The zero-order valence-electron chi connectivity index (χ0n) is 23.0. The van der Waals surface area contributed by atoms with Crippen LogP contribution in [-0.2, 0) is 14.8 Å². The molecule has 0 saturated carbocycles. The number of sulfonamides is 1. The summed E-state index contributed by atoms with van der Waals surface area (Å²) >= 11 is 1.41. The van der Waals surface area contributed by atoms with Gasteiger partial charge in [0, 0.05) is 43.9 Å². The lowest BCUT2D eigenvalue weighted by Gasteiger charge is -2.34. The molecule has 1 fully saturated rings. The molecule has 2 unspecified atom stereocenters. The third-order valence-corrected chi connectivity index (χ3v) is 9.89. The van der Waals surface area contributed by atoms with Gasteiger partial charge in [0.1, 0.15) is 0 Å². The number of hydrogen-bond donors (Lipinski definition) is 0. The molecule has 3 heterocycles. The molecule has 0 spiro atoms. The van der Waals surface area contributed by atoms with Crippen molar-refractivity contribution >= 4 is 55.0 Å². The average molecular weight is 611 g/mol. The van der Waals surface area contributed by atoms with E-state index < -0.39 is 10.0 Å². The number of halogens is 1. The SMILES string of the molecule is CCN(CC)CCN(C(=O)c1ccc(S(=O)(=O)N2CC(C)OC(C)C2)cc1)c1nc2cc3c(cc2s1)OCO3.Cl. The average Bonchev–Trinajstić information content (AvgIpc) is 3.55. The van der Waals surface area contributed by atoms with Crippen LogP contribution < -0.4 is 14.4 Å². The molecule has 0 bridgehead atoms. The first kappa shape index (κ1) is 30.5. The predicted octanol–water partition coefficient (Wildman–Crippen LogP) is 4.23. The van der Waals surface area contributed by atoms with Gasteiger partial charge in [0.15, 0.2) is 16.6 Å². The monoisotopic (exact) mass is 610 g/mol. The predicted molar refractivity (Wildman–Crippen MR) is 158 cm³/mol. The topological polar surface area (TPSA) is 102 Å². The highest BCUT2D eigenvalue weighted by atomic mass is 35.5. The molecule has 218 valence electrons. The fourth-order valence-electron chi connectivity index (χ4n) is 4.89. The minimum atomic E-state index is -3.71. The Kier molecular flexibility index (Phi) is 9.59. The van der Waals surface area contributed by atoms with E-state index in [2.05, 4.69) is 18.7 Å². The van der Waals surface area contributed by atoms with Crippen LogP contribution in [-0.4, -0.2) is 86.8 Å². The normalized spacial score (nSPS) is 19.1. The minimum absolute atomic E-state index is 0. The lowest BCUT2D eigenvalue weighted by Crippen LogP contribution is -2.48. The highest BCUT2D eigenvalue weighted by Gasteiger charge is 2.32. The van der Waals surface area contributed by atoms with E-state index in [-0.39, 0.29) is 42.2 Å². The molecule has 1 amide bonds. The number of benzene rings is 2. The van der Waals surface area contributed by atoms with Gasteiger partial charge in [0.25, 0.3) is 5.91 Å². The van der Waals surface area contributed by atoms with E-state index in [1.165, 1.54) is 27.8 Å². The summed E-state index contributed by atoms with van der Waals surface area (Å²) in [7, 11) is -3.71. The lowest BCUT2D eigenvalue weighted by atomic mass is 10.2. The Morgan fingerprint density at radius 2 is 1.65 bits per heavy atom.